The van der Waals surface area contributed by atoms with Crippen molar-refractivity contribution in [3.05, 3.63) is 36.0 Å². The van der Waals surface area contributed by atoms with Crippen LogP contribution < -0.4 is 10.6 Å². The molecular formula is C17H21N3. The molecule has 1 aromatic carbocycles. The van der Waals surface area contributed by atoms with Crippen molar-refractivity contribution in [3.63, 3.8) is 0 Å². The zero-order chi connectivity index (χ0) is 13.7. The van der Waals surface area contributed by atoms with Gasteiger partial charge in [-0.2, -0.15) is 0 Å². The summed E-state index contributed by atoms with van der Waals surface area (Å²) in [6.45, 7) is 2.09. The first-order chi connectivity index (χ1) is 9.72. The van der Waals surface area contributed by atoms with E-state index in [9.17, 15) is 0 Å². The Morgan fingerprint density at radius 3 is 2.60 bits per heavy atom. The highest BCUT2D eigenvalue weighted by Crippen LogP contribution is 2.41. The lowest BCUT2D eigenvalue weighted by Crippen LogP contribution is -2.47. The average molecular weight is 267 g/mol. The lowest BCUT2D eigenvalue weighted by Gasteiger charge is -2.40. The first-order valence-electron chi connectivity index (χ1n) is 7.62. The second-order valence-corrected chi connectivity index (χ2v) is 6.32. The summed E-state index contributed by atoms with van der Waals surface area (Å²) in [7, 11) is 0. The third-order valence-corrected chi connectivity index (χ3v) is 4.87. The normalized spacial score (nSPS) is 29.1. The predicted octanol–water partition coefficient (Wildman–Crippen LogP) is 3.00. The fourth-order valence-corrected chi connectivity index (χ4v) is 4.11. The van der Waals surface area contributed by atoms with Crippen LogP contribution in [0.4, 0.5) is 5.69 Å². The lowest BCUT2D eigenvalue weighted by atomic mass is 9.96. The largest absolute Gasteiger partial charge is 0.365 e. The van der Waals surface area contributed by atoms with Gasteiger partial charge in [-0.3, -0.25) is 4.98 Å². The highest BCUT2D eigenvalue weighted by Gasteiger charge is 2.40. The molecule has 2 unspecified atom stereocenters. The minimum Gasteiger partial charge on any atom is -0.365 e. The molecular weight excluding hydrogens is 246 g/mol. The highest BCUT2D eigenvalue weighted by atomic mass is 15.2. The molecule has 2 bridgehead atoms. The average Bonchev–Trinajstić information content (AvgIpc) is 2.69. The van der Waals surface area contributed by atoms with Gasteiger partial charge in [-0.05, 0) is 44.7 Å². The highest BCUT2D eigenvalue weighted by molar-refractivity contribution is 5.92. The van der Waals surface area contributed by atoms with E-state index in [1.54, 1.807) is 0 Å². The Hall–Kier alpha value is -1.61. The molecule has 2 atom stereocenters. The number of aryl methyl sites for hydroxylation is 1. The first-order valence-corrected chi connectivity index (χ1v) is 7.62. The van der Waals surface area contributed by atoms with E-state index in [0.29, 0.717) is 18.1 Å². The zero-order valence-corrected chi connectivity index (χ0v) is 11.9. The van der Waals surface area contributed by atoms with Gasteiger partial charge in [0, 0.05) is 34.9 Å². The third kappa shape index (κ3) is 1.80. The van der Waals surface area contributed by atoms with E-state index in [-0.39, 0.29) is 0 Å². The van der Waals surface area contributed by atoms with Gasteiger partial charge in [0.15, 0.2) is 0 Å². The second-order valence-electron chi connectivity index (χ2n) is 6.32. The second kappa shape index (κ2) is 4.45. The number of fused-ring (bicyclic) bond motifs is 3. The molecule has 2 saturated heterocycles. The van der Waals surface area contributed by atoms with Crippen LogP contribution >= 0.6 is 0 Å². The van der Waals surface area contributed by atoms with Gasteiger partial charge in [-0.15, -0.1) is 0 Å². The molecule has 2 fully saturated rings. The summed E-state index contributed by atoms with van der Waals surface area (Å²) >= 11 is 0. The molecule has 3 nitrogen and oxygen atoms in total. The molecule has 20 heavy (non-hydrogen) atoms. The van der Waals surface area contributed by atoms with Gasteiger partial charge in [0.25, 0.3) is 0 Å². The summed E-state index contributed by atoms with van der Waals surface area (Å²) in [5.41, 5.74) is 9.78. The quantitative estimate of drug-likeness (QED) is 0.863. The maximum Gasteiger partial charge on any atom is 0.0726 e. The number of nitrogens with zero attached hydrogens (tertiary/aromatic N) is 2. The molecule has 4 rings (SSSR count). The van der Waals surface area contributed by atoms with Gasteiger partial charge in [-0.25, -0.2) is 0 Å². The maximum atomic E-state index is 6.20. The number of hydrogen-bond donors (Lipinski definition) is 1. The first kappa shape index (κ1) is 12.2. The molecule has 2 aromatic rings. The Morgan fingerprint density at radius 1 is 1.15 bits per heavy atom. The third-order valence-electron chi connectivity index (χ3n) is 4.87. The van der Waals surface area contributed by atoms with Crippen LogP contribution in [0.2, 0.25) is 0 Å². The van der Waals surface area contributed by atoms with Gasteiger partial charge in [-0.1, -0.05) is 18.2 Å². The lowest BCUT2D eigenvalue weighted by molar-refractivity contribution is 0.415. The monoisotopic (exact) mass is 267 g/mol. The fourth-order valence-electron chi connectivity index (χ4n) is 4.11. The molecule has 2 aliphatic heterocycles. The minimum absolute atomic E-state index is 0.387. The summed E-state index contributed by atoms with van der Waals surface area (Å²) in [6, 6.07) is 12.4. The van der Waals surface area contributed by atoms with E-state index >= 15 is 0 Å². The van der Waals surface area contributed by atoms with E-state index < -0.39 is 0 Å². The molecule has 0 radical (unpaired) electrons. The number of aromatic nitrogens is 1. The molecule has 1 aromatic heterocycles. The Morgan fingerprint density at radius 2 is 1.85 bits per heavy atom. The van der Waals surface area contributed by atoms with Gasteiger partial charge in [0.2, 0.25) is 0 Å². The van der Waals surface area contributed by atoms with Gasteiger partial charge < -0.3 is 10.6 Å². The van der Waals surface area contributed by atoms with Gasteiger partial charge in [0.1, 0.15) is 0 Å². The molecule has 2 aliphatic rings. The summed E-state index contributed by atoms with van der Waals surface area (Å²) in [5, 5.41) is 1.28. The van der Waals surface area contributed by atoms with Crippen molar-refractivity contribution in [2.24, 2.45) is 5.73 Å². The molecule has 3 heteroatoms. The van der Waals surface area contributed by atoms with Crippen LogP contribution in [0.15, 0.2) is 30.3 Å². The van der Waals surface area contributed by atoms with Gasteiger partial charge in [0.05, 0.1) is 5.52 Å². The maximum absolute atomic E-state index is 6.20. The van der Waals surface area contributed by atoms with E-state index in [4.69, 9.17) is 5.73 Å². The number of piperidine rings is 1. The SMILES string of the molecule is Cc1cc(N2C3CCC2CC(N)C3)c2ccccc2n1. The topological polar surface area (TPSA) is 42.1 Å². The van der Waals surface area contributed by atoms with Crippen molar-refractivity contribution < 1.29 is 0 Å². The Balaban J connectivity index is 1.86. The molecule has 0 spiro atoms. The predicted molar refractivity (Wildman–Crippen MR) is 83.0 cm³/mol. The Bertz CT molecular complexity index is 638. The van der Waals surface area contributed by atoms with Crippen molar-refractivity contribution in [1.82, 2.24) is 4.98 Å². The number of benzene rings is 1. The Labute approximate surface area is 119 Å². The van der Waals surface area contributed by atoms with Crippen molar-refractivity contribution in [1.29, 1.82) is 0 Å². The molecule has 0 amide bonds. The standard InChI is InChI=1S/C17H21N3/c1-11-8-17(15-4-2-3-5-16(15)19-11)20-13-6-7-14(20)10-12(18)9-13/h2-5,8,12-14H,6-7,9-10,18H2,1H3. The smallest absolute Gasteiger partial charge is 0.0726 e. The van der Waals surface area contributed by atoms with Crippen LogP contribution in [0, 0.1) is 6.92 Å². The number of anilines is 1. The molecule has 3 heterocycles. The van der Waals surface area contributed by atoms with E-state index in [1.807, 2.05) is 0 Å². The number of para-hydroxylation sites is 1. The number of rotatable bonds is 1. The minimum atomic E-state index is 0.387. The fraction of sp³-hybridized carbons (Fsp3) is 0.471. The van der Waals surface area contributed by atoms with Crippen LogP contribution in [0.5, 0.6) is 0 Å². The van der Waals surface area contributed by atoms with E-state index in [1.165, 1.54) is 23.9 Å². The Kier molecular flexibility index (Phi) is 2.71. The zero-order valence-electron chi connectivity index (χ0n) is 11.9. The van der Waals surface area contributed by atoms with Gasteiger partial charge >= 0.3 is 0 Å². The van der Waals surface area contributed by atoms with E-state index in [0.717, 1.165) is 24.1 Å². The van der Waals surface area contributed by atoms with Crippen LogP contribution in [-0.4, -0.2) is 23.1 Å². The summed E-state index contributed by atoms with van der Waals surface area (Å²) in [4.78, 5) is 7.30. The molecule has 0 saturated carbocycles. The number of pyridine rings is 1. The van der Waals surface area contributed by atoms with Crippen LogP contribution in [0.1, 0.15) is 31.4 Å². The van der Waals surface area contributed by atoms with E-state index in [2.05, 4.69) is 47.1 Å². The summed E-state index contributed by atoms with van der Waals surface area (Å²) in [6.07, 6.45) is 4.83. The van der Waals surface area contributed by atoms with Crippen LogP contribution in [-0.2, 0) is 0 Å². The number of nitrogens with two attached hydrogens (primary N) is 1. The van der Waals surface area contributed by atoms with Crippen molar-refractivity contribution >= 4 is 16.6 Å². The molecule has 2 N–H and O–H groups in total. The molecule has 104 valence electrons. The molecule has 0 aliphatic carbocycles. The van der Waals surface area contributed by atoms with Crippen LogP contribution in [0.3, 0.4) is 0 Å². The summed E-state index contributed by atoms with van der Waals surface area (Å²) in [5.74, 6) is 0. The summed E-state index contributed by atoms with van der Waals surface area (Å²) < 4.78 is 0. The number of hydrogen-bond acceptors (Lipinski definition) is 3. The van der Waals surface area contributed by atoms with Crippen LogP contribution in [0.25, 0.3) is 10.9 Å². The van der Waals surface area contributed by atoms with Crippen molar-refractivity contribution in [2.45, 2.75) is 50.7 Å². The van der Waals surface area contributed by atoms with Crippen molar-refractivity contribution in [3.8, 4) is 0 Å². The van der Waals surface area contributed by atoms with Crippen molar-refractivity contribution in [2.75, 3.05) is 4.90 Å².